The normalized spacial score (nSPS) is 13.2. The van der Waals surface area contributed by atoms with Crippen molar-refractivity contribution in [2.75, 3.05) is 0 Å². The van der Waals surface area contributed by atoms with Gasteiger partial charge in [-0.1, -0.05) is 76.9 Å². The van der Waals surface area contributed by atoms with Gasteiger partial charge in [0.15, 0.2) is 0 Å². The Balaban J connectivity index is 3.01. The van der Waals surface area contributed by atoms with E-state index in [1.54, 1.807) is 0 Å². The number of nitrogens with two attached hydrogens (primary N) is 1. The van der Waals surface area contributed by atoms with Crippen molar-refractivity contribution in [2.45, 2.75) is 103 Å². The van der Waals surface area contributed by atoms with E-state index in [9.17, 15) is 0 Å². The van der Waals surface area contributed by atoms with Gasteiger partial charge in [-0.2, -0.15) is 0 Å². The maximum absolute atomic E-state index is 5.73. The molecule has 0 aliphatic heterocycles. The highest BCUT2D eigenvalue weighted by Gasteiger charge is 1.95. The molecule has 114 valence electrons. The van der Waals surface area contributed by atoms with Crippen molar-refractivity contribution >= 4 is 0 Å². The molecule has 0 amide bonds. The molecule has 0 fully saturated rings. The molecule has 0 spiro atoms. The fraction of sp³-hybridized carbons (Fsp3) is 0.889. The van der Waals surface area contributed by atoms with E-state index in [1.807, 2.05) is 0 Å². The second-order valence-electron chi connectivity index (χ2n) is 6.00. The first-order valence-corrected chi connectivity index (χ1v) is 8.68. The summed E-state index contributed by atoms with van der Waals surface area (Å²) >= 11 is 0. The molecule has 1 heteroatoms. The number of rotatable bonds is 14. The fourth-order valence-corrected chi connectivity index (χ4v) is 2.35. The van der Waals surface area contributed by atoms with E-state index >= 15 is 0 Å². The van der Waals surface area contributed by atoms with Crippen molar-refractivity contribution in [3.8, 4) is 0 Å². The molecule has 0 rings (SSSR count). The van der Waals surface area contributed by atoms with E-state index < -0.39 is 0 Å². The first-order chi connectivity index (χ1) is 9.27. The van der Waals surface area contributed by atoms with Gasteiger partial charge in [0.05, 0.1) is 0 Å². The third-order valence-electron chi connectivity index (χ3n) is 3.67. The number of hydrogen-bond donors (Lipinski definition) is 1. The third kappa shape index (κ3) is 17.7. The van der Waals surface area contributed by atoms with Gasteiger partial charge in [-0.05, 0) is 32.6 Å². The van der Waals surface area contributed by atoms with Gasteiger partial charge >= 0.3 is 0 Å². The van der Waals surface area contributed by atoms with Crippen LogP contribution < -0.4 is 5.73 Å². The smallest absolute Gasteiger partial charge is 0.00104 e. The molecule has 0 aliphatic rings. The van der Waals surface area contributed by atoms with Crippen LogP contribution >= 0.6 is 0 Å². The van der Waals surface area contributed by atoms with Gasteiger partial charge in [0.2, 0.25) is 0 Å². The average molecular weight is 268 g/mol. The predicted octanol–water partition coefficient (Wildman–Crippen LogP) is 5.98. The van der Waals surface area contributed by atoms with E-state index in [0.29, 0.717) is 6.04 Å². The van der Waals surface area contributed by atoms with E-state index in [4.69, 9.17) is 5.73 Å². The molecular weight excluding hydrogens is 230 g/mol. The van der Waals surface area contributed by atoms with Crippen LogP contribution in [0.2, 0.25) is 0 Å². The molecule has 1 nitrogen and oxygen atoms in total. The van der Waals surface area contributed by atoms with Crippen molar-refractivity contribution in [1.82, 2.24) is 0 Å². The molecule has 1 atom stereocenters. The maximum atomic E-state index is 5.73. The van der Waals surface area contributed by atoms with E-state index in [1.165, 1.54) is 83.5 Å². The van der Waals surface area contributed by atoms with Gasteiger partial charge in [0, 0.05) is 6.04 Å². The monoisotopic (exact) mass is 267 g/mol. The second kappa shape index (κ2) is 15.8. The summed E-state index contributed by atoms with van der Waals surface area (Å²) in [6.45, 7) is 4.36. The summed E-state index contributed by atoms with van der Waals surface area (Å²) < 4.78 is 0. The Kier molecular flexibility index (Phi) is 15.5. The first kappa shape index (κ1) is 18.7. The summed E-state index contributed by atoms with van der Waals surface area (Å²) in [6, 6.07) is 0.394. The molecule has 0 saturated carbocycles. The lowest BCUT2D eigenvalue weighted by Gasteiger charge is -2.04. The highest BCUT2D eigenvalue weighted by molar-refractivity contribution is 4.81. The predicted molar refractivity (Wildman–Crippen MR) is 88.5 cm³/mol. The molecule has 0 aliphatic carbocycles. The zero-order valence-electron chi connectivity index (χ0n) is 13.5. The summed E-state index contributed by atoms with van der Waals surface area (Å²) in [5, 5.41) is 0. The van der Waals surface area contributed by atoms with Crippen molar-refractivity contribution in [3.05, 3.63) is 12.2 Å². The largest absolute Gasteiger partial charge is 0.328 e. The van der Waals surface area contributed by atoms with Crippen LogP contribution in [0.25, 0.3) is 0 Å². The number of hydrogen-bond acceptors (Lipinski definition) is 1. The van der Waals surface area contributed by atoms with Crippen molar-refractivity contribution in [3.63, 3.8) is 0 Å². The molecule has 1 unspecified atom stereocenters. The third-order valence-corrected chi connectivity index (χ3v) is 3.67. The van der Waals surface area contributed by atoms with Crippen LogP contribution in [0.5, 0.6) is 0 Å². The van der Waals surface area contributed by atoms with Gasteiger partial charge in [-0.15, -0.1) is 0 Å². The SMILES string of the molecule is CCCCC=CCCCCCCCCCCC(C)N. The Morgan fingerprint density at radius 1 is 0.737 bits per heavy atom. The van der Waals surface area contributed by atoms with Gasteiger partial charge < -0.3 is 5.73 Å². The Labute approximate surface area is 122 Å². The van der Waals surface area contributed by atoms with Gasteiger partial charge in [0.1, 0.15) is 0 Å². The van der Waals surface area contributed by atoms with E-state index in [-0.39, 0.29) is 0 Å². The van der Waals surface area contributed by atoms with Crippen molar-refractivity contribution < 1.29 is 0 Å². The molecule has 0 aromatic carbocycles. The van der Waals surface area contributed by atoms with Crippen LogP contribution in [0.3, 0.4) is 0 Å². The van der Waals surface area contributed by atoms with Crippen LogP contribution in [0.15, 0.2) is 12.2 Å². The standard InChI is InChI=1S/C18H37N/c1-3-4-5-6-7-8-9-10-11-12-13-14-15-16-17-18(2)19/h6-7,18H,3-5,8-17,19H2,1-2H3. The molecule has 0 saturated heterocycles. The van der Waals surface area contributed by atoms with Gasteiger partial charge in [0.25, 0.3) is 0 Å². The maximum Gasteiger partial charge on any atom is 0.00104 e. The summed E-state index contributed by atoms with van der Waals surface area (Å²) in [5.41, 5.74) is 5.73. The molecule has 0 aromatic rings. The summed E-state index contributed by atoms with van der Waals surface area (Å²) in [4.78, 5) is 0. The summed E-state index contributed by atoms with van der Waals surface area (Å²) in [5.74, 6) is 0. The molecule has 0 heterocycles. The highest BCUT2D eigenvalue weighted by atomic mass is 14.6. The zero-order valence-corrected chi connectivity index (χ0v) is 13.5. The highest BCUT2D eigenvalue weighted by Crippen LogP contribution is 2.11. The molecule has 0 aromatic heterocycles. The van der Waals surface area contributed by atoms with Crippen LogP contribution in [0, 0.1) is 0 Å². The topological polar surface area (TPSA) is 26.0 Å². The van der Waals surface area contributed by atoms with Crippen LogP contribution in [-0.2, 0) is 0 Å². The minimum absolute atomic E-state index is 0.394. The Hall–Kier alpha value is -0.300. The van der Waals surface area contributed by atoms with Gasteiger partial charge in [-0.25, -0.2) is 0 Å². The summed E-state index contributed by atoms with van der Waals surface area (Å²) in [6.07, 6.45) is 22.3. The van der Waals surface area contributed by atoms with E-state index in [0.717, 1.165) is 0 Å². The molecule has 0 radical (unpaired) electrons. The Morgan fingerprint density at radius 3 is 1.74 bits per heavy atom. The van der Waals surface area contributed by atoms with Gasteiger partial charge in [-0.3, -0.25) is 0 Å². The van der Waals surface area contributed by atoms with Crippen LogP contribution in [0.4, 0.5) is 0 Å². The molecule has 2 N–H and O–H groups in total. The van der Waals surface area contributed by atoms with Crippen molar-refractivity contribution in [2.24, 2.45) is 5.73 Å². The Morgan fingerprint density at radius 2 is 1.21 bits per heavy atom. The Bertz CT molecular complexity index is 184. The molecule has 19 heavy (non-hydrogen) atoms. The molecule has 0 bridgehead atoms. The fourth-order valence-electron chi connectivity index (χ4n) is 2.35. The second-order valence-corrected chi connectivity index (χ2v) is 6.00. The van der Waals surface area contributed by atoms with E-state index in [2.05, 4.69) is 26.0 Å². The first-order valence-electron chi connectivity index (χ1n) is 8.68. The quantitative estimate of drug-likeness (QED) is 0.304. The van der Waals surface area contributed by atoms with Crippen LogP contribution in [-0.4, -0.2) is 6.04 Å². The minimum atomic E-state index is 0.394. The lowest BCUT2D eigenvalue weighted by Crippen LogP contribution is -2.13. The average Bonchev–Trinajstić information content (AvgIpc) is 2.39. The minimum Gasteiger partial charge on any atom is -0.328 e. The lowest BCUT2D eigenvalue weighted by atomic mass is 10.0. The van der Waals surface area contributed by atoms with Crippen LogP contribution in [0.1, 0.15) is 97.3 Å². The number of allylic oxidation sites excluding steroid dienone is 2. The lowest BCUT2D eigenvalue weighted by molar-refractivity contribution is 0.539. The summed E-state index contributed by atoms with van der Waals surface area (Å²) in [7, 11) is 0. The number of unbranched alkanes of at least 4 members (excludes halogenated alkanes) is 10. The zero-order chi connectivity index (χ0) is 14.2. The van der Waals surface area contributed by atoms with Crippen molar-refractivity contribution in [1.29, 1.82) is 0 Å². The molecular formula is C18H37N.